The van der Waals surface area contributed by atoms with E-state index in [1.807, 2.05) is 44.2 Å². The van der Waals surface area contributed by atoms with Crippen molar-refractivity contribution in [3.63, 3.8) is 0 Å². The lowest BCUT2D eigenvalue weighted by Crippen LogP contribution is -2.47. The number of methoxy groups -OCH3 is 1. The van der Waals surface area contributed by atoms with Gasteiger partial charge in [-0.3, -0.25) is 9.59 Å². The molecule has 2 N–H and O–H groups in total. The Labute approximate surface area is 184 Å². The van der Waals surface area contributed by atoms with Crippen molar-refractivity contribution in [3.05, 3.63) is 64.2 Å². The first kappa shape index (κ1) is 22.8. The van der Waals surface area contributed by atoms with Crippen molar-refractivity contribution in [2.24, 2.45) is 0 Å². The Morgan fingerprint density at radius 3 is 2.29 bits per heavy atom. The minimum absolute atomic E-state index is 0.0661. The van der Waals surface area contributed by atoms with E-state index < -0.39 is 0 Å². The molecule has 166 valence electrons. The van der Waals surface area contributed by atoms with Gasteiger partial charge in [-0.1, -0.05) is 34.9 Å². The molecule has 1 fully saturated rings. The highest BCUT2D eigenvalue weighted by molar-refractivity contribution is 5.96. The maximum absolute atomic E-state index is 12.6. The van der Waals surface area contributed by atoms with E-state index in [1.54, 1.807) is 7.11 Å². The van der Waals surface area contributed by atoms with Crippen LogP contribution in [0.5, 0.6) is 5.75 Å². The Kier molecular flexibility index (Phi) is 7.33. The third-order valence-electron chi connectivity index (χ3n) is 5.89. The van der Waals surface area contributed by atoms with E-state index in [-0.39, 0.29) is 23.8 Å². The second-order valence-electron chi connectivity index (χ2n) is 8.43. The van der Waals surface area contributed by atoms with Gasteiger partial charge >= 0.3 is 0 Å². The maximum Gasteiger partial charge on any atom is 0.251 e. The summed E-state index contributed by atoms with van der Waals surface area (Å²) in [7, 11) is 1.67. The third-order valence-corrected chi connectivity index (χ3v) is 5.89. The smallest absolute Gasteiger partial charge is 0.251 e. The number of ether oxygens (including phenoxy) is 2. The van der Waals surface area contributed by atoms with Crippen LogP contribution in [0.2, 0.25) is 0 Å². The number of amides is 2. The average Bonchev–Trinajstić information content (AvgIpc) is 2.76. The van der Waals surface area contributed by atoms with E-state index in [0.717, 1.165) is 40.8 Å². The fourth-order valence-corrected chi connectivity index (χ4v) is 4.24. The van der Waals surface area contributed by atoms with E-state index >= 15 is 0 Å². The molecule has 0 radical (unpaired) electrons. The third kappa shape index (κ3) is 5.64. The molecule has 2 aromatic carbocycles. The number of carbonyl (C=O) groups is 2. The van der Waals surface area contributed by atoms with Crippen LogP contribution < -0.4 is 15.4 Å². The van der Waals surface area contributed by atoms with Crippen molar-refractivity contribution in [1.29, 1.82) is 0 Å². The number of nitrogens with one attached hydrogen (secondary N) is 2. The number of hydrogen-bond acceptors (Lipinski definition) is 4. The molecule has 0 atom stereocenters. The molecular formula is C25H32N2O4. The van der Waals surface area contributed by atoms with Crippen molar-refractivity contribution in [1.82, 2.24) is 10.6 Å². The normalized spacial score (nSPS) is 15.2. The van der Waals surface area contributed by atoms with Crippen LogP contribution in [0, 0.1) is 20.8 Å². The lowest BCUT2D eigenvalue weighted by molar-refractivity contribution is -0.120. The van der Waals surface area contributed by atoms with Crippen molar-refractivity contribution in [2.75, 3.05) is 33.4 Å². The zero-order chi connectivity index (χ0) is 22.4. The minimum Gasteiger partial charge on any atom is -0.496 e. The maximum atomic E-state index is 12.6. The van der Waals surface area contributed by atoms with Gasteiger partial charge in [0.1, 0.15) is 5.75 Å². The van der Waals surface area contributed by atoms with E-state index in [2.05, 4.69) is 23.6 Å². The summed E-state index contributed by atoms with van der Waals surface area (Å²) in [5.74, 6) is 0.364. The second kappa shape index (κ2) is 9.96. The van der Waals surface area contributed by atoms with E-state index in [4.69, 9.17) is 9.47 Å². The van der Waals surface area contributed by atoms with Crippen LogP contribution in [-0.4, -0.2) is 45.2 Å². The van der Waals surface area contributed by atoms with Crippen LogP contribution in [0.15, 0.2) is 36.4 Å². The molecule has 6 nitrogen and oxygen atoms in total. The Morgan fingerprint density at radius 1 is 0.968 bits per heavy atom. The summed E-state index contributed by atoms with van der Waals surface area (Å²) >= 11 is 0. The Bertz CT molecular complexity index is 928. The van der Waals surface area contributed by atoms with Crippen molar-refractivity contribution in [3.8, 4) is 5.75 Å². The summed E-state index contributed by atoms with van der Waals surface area (Å²) in [6.45, 7) is 7.62. The summed E-state index contributed by atoms with van der Waals surface area (Å²) in [6.07, 6.45) is 1.59. The summed E-state index contributed by atoms with van der Waals surface area (Å²) in [4.78, 5) is 25.0. The second-order valence-corrected chi connectivity index (χ2v) is 8.43. The summed E-state index contributed by atoms with van der Waals surface area (Å²) in [6, 6.07) is 11.8. The van der Waals surface area contributed by atoms with Crippen LogP contribution >= 0.6 is 0 Å². The van der Waals surface area contributed by atoms with E-state index in [1.165, 1.54) is 0 Å². The Balaban J connectivity index is 1.66. The molecule has 1 aliphatic heterocycles. The van der Waals surface area contributed by atoms with Gasteiger partial charge in [-0.05, 0) is 51.8 Å². The average molecular weight is 425 g/mol. The highest BCUT2D eigenvalue weighted by Crippen LogP contribution is 2.40. The van der Waals surface area contributed by atoms with Crippen LogP contribution in [-0.2, 0) is 14.9 Å². The molecule has 0 bridgehead atoms. The zero-order valence-electron chi connectivity index (χ0n) is 18.8. The van der Waals surface area contributed by atoms with Gasteiger partial charge in [-0.2, -0.15) is 0 Å². The molecule has 0 unspecified atom stereocenters. The number of aryl methyl sites for hydroxylation is 3. The fourth-order valence-electron chi connectivity index (χ4n) is 4.24. The lowest BCUT2D eigenvalue weighted by Gasteiger charge is -2.38. The SMILES string of the molecule is COc1ccc(C)cc1C1(CNC(=O)CNC(=O)c2cc(C)cc(C)c2)CCOCC1. The highest BCUT2D eigenvalue weighted by Gasteiger charge is 2.37. The first-order valence-corrected chi connectivity index (χ1v) is 10.7. The van der Waals surface area contributed by atoms with Gasteiger partial charge in [0.2, 0.25) is 5.91 Å². The molecule has 1 saturated heterocycles. The Hall–Kier alpha value is -2.86. The van der Waals surface area contributed by atoms with Gasteiger partial charge < -0.3 is 20.1 Å². The number of rotatable bonds is 7. The van der Waals surface area contributed by atoms with Crippen molar-refractivity contribution < 1.29 is 19.1 Å². The fraction of sp³-hybridized carbons (Fsp3) is 0.440. The molecule has 0 aromatic heterocycles. The molecule has 6 heteroatoms. The van der Waals surface area contributed by atoms with E-state index in [9.17, 15) is 9.59 Å². The molecular weight excluding hydrogens is 392 g/mol. The summed E-state index contributed by atoms with van der Waals surface area (Å²) < 4.78 is 11.2. The summed E-state index contributed by atoms with van der Waals surface area (Å²) in [5.41, 5.74) is 4.58. The monoisotopic (exact) mass is 424 g/mol. The molecule has 2 aromatic rings. The molecule has 2 amide bonds. The Morgan fingerprint density at radius 2 is 1.65 bits per heavy atom. The van der Waals surface area contributed by atoms with Gasteiger partial charge in [0, 0.05) is 36.3 Å². The van der Waals surface area contributed by atoms with Crippen LogP contribution in [0.25, 0.3) is 0 Å². The molecule has 1 aliphatic rings. The standard InChI is InChI=1S/C25H32N2O4/c1-17-5-6-22(30-4)21(14-17)25(7-9-31-10-8-25)16-27-23(28)15-26-24(29)20-12-18(2)11-19(3)13-20/h5-6,11-14H,7-10,15-16H2,1-4H3,(H,26,29)(H,27,28). The molecule has 0 spiro atoms. The molecule has 31 heavy (non-hydrogen) atoms. The van der Waals surface area contributed by atoms with Gasteiger partial charge in [-0.15, -0.1) is 0 Å². The minimum atomic E-state index is -0.261. The van der Waals surface area contributed by atoms with Crippen molar-refractivity contribution in [2.45, 2.75) is 39.0 Å². The van der Waals surface area contributed by atoms with Gasteiger partial charge in [0.15, 0.2) is 0 Å². The predicted molar refractivity (Wildman–Crippen MR) is 121 cm³/mol. The topological polar surface area (TPSA) is 76.7 Å². The number of carbonyl (C=O) groups excluding carboxylic acids is 2. The molecule has 3 rings (SSSR count). The highest BCUT2D eigenvalue weighted by atomic mass is 16.5. The first-order chi connectivity index (χ1) is 14.8. The van der Waals surface area contributed by atoms with Gasteiger partial charge in [0.05, 0.1) is 13.7 Å². The van der Waals surface area contributed by atoms with Gasteiger partial charge in [-0.25, -0.2) is 0 Å². The predicted octanol–water partition coefficient (Wildman–Crippen LogP) is 3.21. The van der Waals surface area contributed by atoms with E-state index in [0.29, 0.717) is 25.3 Å². The molecule has 0 aliphatic carbocycles. The van der Waals surface area contributed by atoms with Crippen molar-refractivity contribution >= 4 is 11.8 Å². The lowest BCUT2D eigenvalue weighted by atomic mass is 9.73. The summed E-state index contributed by atoms with van der Waals surface area (Å²) in [5, 5.41) is 5.75. The number of hydrogen-bond donors (Lipinski definition) is 2. The first-order valence-electron chi connectivity index (χ1n) is 10.7. The zero-order valence-corrected chi connectivity index (χ0v) is 18.8. The quantitative estimate of drug-likeness (QED) is 0.716. The van der Waals surface area contributed by atoms with Crippen LogP contribution in [0.1, 0.15) is 45.5 Å². The number of benzene rings is 2. The van der Waals surface area contributed by atoms with Crippen LogP contribution in [0.3, 0.4) is 0 Å². The van der Waals surface area contributed by atoms with Crippen LogP contribution in [0.4, 0.5) is 0 Å². The molecule has 0 saturated carbocycles. The van der Waals surface area contributed by atoms with Gasteiger partial charge in [0.25, 0.3) is 5.91 Å². The largest absolute Gasteiger partial charge is 0.496 e. The molecule has 1 heterocycles.